The van der Waals surface area contributed by atoms with Gasteiger partial charge in [0.1, 0.15) is 6.61 Å². The number of ether oxygens (including phenoxy) is 2. The molecule has 0 aliphatic carbocycles. The first-order chi connectivity index (χ1) is 19.8. The molecule has 0 bridgehead atoms. The Morgan fingerprint density at radius 1 is 0.881 bits per heavy atom. The molecule has 0 aromatic heterocycles. The van der Waals surface area contributed by atoms with E-state index in [1.54, 1.807) is 12.1 Å². The maximum Gasteiger partial charge on any atom is 0.277 e. The molecule has 0 heterocycles. The number of hydrogen-bond acceptors (Lipinski definition) is 9. The Balaban J connectivity index is 1.82. The molecule has 14 heteroatoms. The number of Topliss-reactive ketones (excluding diaryl/α,β-unsaturated/α-hetero) is 1. The first kappa shape index (κ1) is 34.6. The van der Waals surface area contributed by atoms with Gasteiger partial charge >= 0.3 is 0 Å². The average Bonchev–Trinajstić information content (AvgIpc) is 2.95. The molecule has 3 N–H and O–H groups in total. The molecule has 0 aliphatic heterocycles. The van der Waals surface area contributed by atoms with E-state index in [0.29, 0.717) is 0 Å². The normalized spacial score (nSPS) is 12.2. The lowest BCUT2D eigenvalue weighted by atomic mass is 10.1. The zero-order valence-corrected chi connectivity index (χ0v) is 24.7. The molecule has 0 saturated heterocycles. The quantitative estimate of drug-likeness (QED) is 0.0945. The summed E-state index contributed by atoms with van der Waals surface area (Å²) < 4.78 is 68.1. The predicted molar refractivity (Wildman–Crippen MR) is 154 cm³/mol. The van der Waals surface area contributed by atoms with E-state index in [4.69, 9.17) is 15.9 Å². The van der Waals surface area contributed by atoms with Crippen molar-refractivity contribution in [1.29, 1.82) is 0 Å². The van der Waals surface area contributed by atoms with Crippen molar-refractivity contribution in [3.05, 3.63) is 65.2 Å². The second-order valence-electron chi connectivity index (χ2n) is 9.09. The SMILES string of the molecule is C#CCOCCOCCNC(=O)C(CCNC(=O)c1ccc(C(=O)CCS(=O)(=O)c2ccc(C)cc2)cc1)S(=O)(=O)O. The summed E-state index contributed by atoms with van der Waals surface area (Å²) in [5.41, 5.74) is 1.28. The number of benzene rings is 2. The number of ketones is 1. The average molecular weight is 623 g/mol. The summed E-state index contributed by atoms with van der Waals surface area (Å²) >= 11 is 0. The van der Waals surface area contributed by atoms with Gasteiger partial charge in [-0.1, -0.05) is 35.7 Å². The molecule has 2 aromatic carbocycles. The molecule has 0 aliphatic rings. The highest BCUT2D eigenvalue weighted by molar-refractivity contribution is 7.91. The lowest BCUT2D eigenvalue weighted by Gasteiger charge is -2.15. The van der Waals surface area contributed by atoms with E-state index in [1.807, 2.05) is 6.92 Å². The minimum absolute atomic E-state index is 0.0185. The van der Waals surface area contributed by atoms with Gasteiger partial charge in [-0.25, -0.2) is 8.42 Å². The summed E-state index contributed by atoms with van der Waals surface area (Å²) in [5, 5.41) is 3.00. The molecule has 0 radical (unpaired) electrons. The fraction of sp³-hybridized carbons (Fsp3) is 0.393. The van der Waals surface area contributed by atoms with Crippen molar-refractivity contribution in [2.75, 3.05) is 45.3 Å². The first-order valence-electron chi connectivity index (χ1n) is 12.9. The summed E-state index contributed by atoms with van der Waals surface area (Å²) in [6.45, 7) is 2.25. The van der Waals surface area contributed by atoms with E-state index in [0.717, 1.165) is 5.56 Å². The minimum Gasteiger partial charge on any atom is -0.377 e. The highest BCUT2D eigenvalue weighted by Crippen LogP contribution is 2.15. The van der Waals surface area contributed by atoms with Gasteiger partial charge in [0.05, 0.1) is 30.5 Å². The van der Waals surface area contributed by atoms with Crippen LogP contribution in [-0.2, 0) is 34.2 Å². The fourth-order valence-electron chi connectivity index (χ4n) is 3.59. The fourth-order valence-corrected chi connectivity index (χ4v) is 5.60. The van der Waals surface area contributed by atoms with Gasteiger partial charge in [-0.2, -0.15) is 8.42 Å². The minimum atomic E-state index is -4.76. The van der Waals surface area contributed by atoms with Gasteiger partial charge in [0, 0.05) is 30.6 Å². The molecule has 228 valence electrons. The third-order valence-electron chi connectivity index (χ3n) is 5.89. The summed E-state index contributed by atoms with van der Waals surface area (Å²) in [5.74, 6) is -0.0457. The molecule has 2 aromatic rings. The second kappa shape index (κ2) is 16.7. The van der Waals surface area contributed by atoms with Crippen LogP contribution in [0.4, 0.5) is 0 Å². The number of rotatable bonds is 18. The Labute approximate surface area is 245 Å². The summed E-state index contributed by atoms with van der Waals surface area (Å²) in [6.07, 6.45) is 4.40. The van der Waals surface area contributed by atoms with Crippen molar-refractivity contribution < 1.29 is 45.2 Å². The number of amides is 2. The van der Waals surface area contributed by atoms with Gasteiger partial charge in [0.15, 0.2) is 20.9 Å². The first-order valence-corrected chi connectivity index (χ1v) is 16.0. The van der Waals surface area contributed by atoms with E-state index in [9.17, 15) is 35.8 Å². The van der Waals surface area contributed by atoms with Crippen molar-refractivity contribution in [1.82, 2.24) is 10.6 Å². The molecule has 42 heavy (non-hydrogen) atoms. The van der Waals surface area contributed by atoms with E-state index >= 15 is 0 Å². The number of terminal acetylenes is 1. The van der Waals surface area contributed by atoms with Crippen LogP contribution < -0.4 is 10.6 Å². The number of sulfone groups is 1. The monoisotopic (exact) mass is 622 g/mol. The zero-order valence-electron chi connectivity index (χ0n) is 23.1. The molecule has 1 unspecified atom stereocenters. The standard InChI is InChI=1S/C28H34N2O10S2/c1-3-16-39-18-19-40-17-15-30-28(33)26(42(36,37)38)12-14-29-27(32)23-8-6-22(7-9-23)25(31)13-20-41(34,35)24-10-4-21(2)5-11-24/h1,4-11,26H,12-20H2,2H3,(H,29,32)(H,30,33)(H,36,37,38). The van der Waals surface area contributed by atoms with Crippen LogP contribution in [0.15, 0.2) is 53.4 Å². The molecule has 2 amide bonds. The van der Waals surface area contributed by atoms with Gasteiger partial charge in [-0.15, -0.1) is 6.42 Å². The third kappa shape index (κ3) is 11.7. The smallest absolute Gasteiger partial charge is 0.277 e. The highest BCUT2D eigenvalue weighted by Gasteiger charge is 2.30. The molecule has 2 rings (SSSR count). The van der Waals surface area contributed by atoms with Crippen LogP contribution in [0, 0.1) is 19.3 Å². The Morgan fingerprint density at radius 2 is 1.50 bits per heavy atom. The number of hydrogen-bond donors (Lipinski definition) is 3. The predicted octanol–water partition coefficient (Wildman–Crippen LogP) is 1.20. The van der Waals surface area contributed by atoms with E-state index in [2.05, 4.69) is 16.6 Å². The molecule has 0 saturated carbocycles. The Hall–Kier alpha value is -3.61. The molecule has 0 fully saturated rings. The summed E-state index contributed by atoms with van der Waals surface area (Å²) in [7, 11) is -8.40. The molecule has 1 atom stereocenters. The topological polar surface area (TPSA) is 182 Å². The van der Waals surface area contributed by atoms with E-state index < -0.39 is 49.2 Å². The van der Waals surface area contributed by atoms with Crippen LogP contribution >= 0.6 is 0 Å². The largest absolute Gasteiger partial charge is 0.377 e. The third-order valence-corrected chi connectivity index (χ3v) is 8.79. The van der Waals surface area contributed by atoms with Crippen LogP contribution in [-0.4, -0.2) is 89.5 Å². The van der Waals surface area contributed by atoms with Crippen LogP contribution in [0.1, 0.15) is 39.1 Å². The zero-order chi connectivity index (χ0) is 31.2. The van der Waals surface area contributed by atoms with E-state index in [-0.39, 0.29) is 67.7 Å². The van der Waals surface area contributed by atoms with Crippen molar-refractivity contribution in [3.8, 4) is 12.3 Å². The van der Waals surface area contributed by atoms with Crippen LogP contribution in [0.2, 0.25) is 0 Å². The lowest BCUT2D eigenvalue weighted by Crippen LogP contribution is -2.43. The van der Waals surface area contributed by atoms with Gasteiger partial charge in [-0.05, 0) is 37.6 Å². The maximum absolute atomic E-state index is 12.5. The van der Waals surface area contributed by atoms with E-state index in [1.165, 1.54) is 36.4 Å². The van der Waals surface area contributed by atoms with Gasteiger partial charge < -0.3 is 20.1 Å². The summed E-state index contributed by atoms with van der Waals surface area (Å²) in [4.78, 5) is 37.4. The Morgan fingerprint density at radius 3 is 2.12 bits per heavy atom. The Kier molecular flexibility index (Phi) is 13.8. The van der Waals surface area contributed by atoms with Crippen molar-refractivity contribution in [2.45, 2.75) is 29.9 Å². The number of carbonyl (C=O) groups is 3. The maximum atomic E-state index is 12.5. The lowest BCUT2D eigenvalue weighted by molar-refractivity contribution is -0.121. The van der Waals surface area contributed by atoms with Crippen molar-refractivity contribution in [2.24, 2.45) is 0 Å². The van der Waals surface area contributed by atoms with Crippen molar-refractivity contribution >= 4 is 37.6 Å². The van der Waals surface area contributed by atoms with Gasteiger partial charge in [0.25, 0.3) is 16.0 Å². The molecule has 12 nitrogen and oxygen atoms in total. The van der Waals surface area contributed by atoms with Crippen molar-refractivity contribution in [3.63, 3.8) is 0 Å². The van der Waals surface area contributed by atoms with Crippen LogP contribution in [0.5, 0.6) is 0 Å². The molecular weight excluding hydrogens is 588 g/mol. The number of carbonyl (C=O) groups excluding carboxylic acids is 3. The molecular formula is C28H34N2O10S2. The van der Waals surface area contributed by atoms with Crippen LogP contribution in [0.25, 0.3) is 0 Å². The second-order valence-corrected chi connectivity index (χ2v) is 12.8. The van der Waals surface area contributed by atoms with Crippen LogP contribution in [0.3, 0.4) is 0 Å². The number of aryl methyl sites for hydroxylation is 1. The van der Waals surface area contributed by atoms with Gasteiger partial charge in [0.2, 0.25) is 5.91 Å². The highest BCUT2D eigenvalue weighted by atomic mass is 32.2. The summed E-state index contributed by atoms with van der Waals surface area (Å²) in [6, 6.07) is 11.8. The Bertz CT molecular complexity index is 1460. The molecule has 0 spiro atoms. The number of nitrogens with one attached hydrogen (secondary N) is 2. The van der Waals surface area contributed by atoms with Gasteiger partial charge in [-0.3, -0.25) is 18.9 Å².